The first kappa shape index (κ1) is 12.9. The second kappa shape index (κ2) is 4.75. The Bertz CT molecular complexity index is 796. The number of benzene rings is 2. The van der Waals surface area contributed by atoms with E-state index in [1.807, 2.05) is 0 Å². The first-order chi connectivity index (χ1) is 10.1. The summed E-state index contributed by atoms with van der Waals surface area (Å²) in [5.74, 6) is -2.11. The predicted octanol–water partition coefficient (Wildman–Crippen LogP) is 2.16. The summed E-state index contributed by atoms with van der Waals surface area (Å²) in [5, 5.41) is 21.6. The molecule has 3 N–H and O–H groups in total. The Balaban J connectivity index is 2.13. The van der Waals surface area contributed by atoms with Gasteiger partial charge in [-0.3, -0.25) is 4.79 Å². The van der Waals surface area contributed by atoms with Gasteiger partial charge in [0.2, 0.25) is 0 Å². The number of aromatic carboxylic acids is 1. The van der Waals surface area contributed by atoms with Crippen molar-refractivity contribution >= 4 is 29.0 Å². The zero-order chi connectivity index (χ0) is 15.0. The molecule has 6 heteroatoms. The number of nitrogens with zero attached hydrogens (tertiary/aromatic N) is 1. The fourth-order valence-electron chi connectivity index (χ4n) is 2.13. The van der Waals surface area contributed by atoms with Crippen LogP contribution >= 0.6 is 0 Å². The first-order valence-electron chi connectivity index (χ1n) is 6.12. The third-order valence-corrected chi connectivity index (χ3v) is 3.12. The average molecular weight is 282 g/mol. The Morgan fingerprint density at radius 1 is 1.10 bits per heavy atom. The molecule has 0 saturated carbocycles. The summed E-state index contributed by atoms with van der Waals surface area (Å²) < 4.78 is 0. The predicted molar refractivity (Wildman–Crippen MR) is 76.3 cm³/mol. The van der Waals surface area contributed by atoms with Crippen LogP contribution < -0.4 is 5.32 Å². The summed E-state index contributed by atoms with van der Waals surface area (Å²) in [5.41, 5.74) is 1.17. The summed E-state index contributed by atoms with van der Waals surface area (Å²) in [6.07, 6.45) is 0. The van der Waals surface area contributed by atoms with Crippen LogP contribution in [-0.4, -0.2) is 27.8 Å². The molecule has 0 spiro atoms. The molecule has 3 rings (SSSR count). The monoisotopic (exact) mass is 282 g/mol. The van der Waals surface area contributed by atoms with Crippen molar-refractivity contribution in [3.8, 4) is 5.75 Å². The molecule has 0 aromatic heterocycles. The number of hydrogen-bond donors (Lipinski definition) is 3. The van der Waals surface area contributed by atoms with Crippen LogP contribution in [0.15, 0.2) is 47.5 Å². The number of phenols is 1. The number of hydrogen-bond acceptors (Lipinski definition) is 4. The maximum absolute atomic E-state index is 11.9. The Morgan fingerprint density at radius 2 is 1.86 bits per heavy atom. The summed E-state index contributed by atoms with van der Waals surface area (Å²) in [4.78, 5) is 27.0. The Labute approximate surface area is 119 Å². The number of carbonyl (C=O) groups is 2. The van der Waals surface area contributed by atoms with Crippen LogP contribution in [0.5, 0.6) is 5.75 Å². The van der Waals surface area contributed by atoms with Gasteiger partial charge in [-0.2, -0.15) is 0 Å². The van der Waals surface area contributed by atoms with E-state index in [-0.39, 0.29) is 17.0 Å². The second-order valence-electron chi connectivity index (χ2n) is 4.44. The van der Waals surface area contributed by atoms with Gasteiger partial charge in [-0.05, 0) is 18.2 Å². The zero-order valence-corrected chi connectivity index (χ0v) is 10.7. The summed E-state index contributed by atoms with van der Waals surface area (Å²) in [7, 11) is 0. The lowest BCUT2D eigenvalue weighted by atomic mass is 10.1. The van der Waals surface area contributed by atoms with Crippen LogP contribution in [0.25, 0.3) is 0 Å². The van der Waals surface area contributed by atoms with Gasteiger partial charge in [0.05, 0.1) is 5.69 Å². The molecule has 1 aliphatic rings. The van der Waals surface area contributed by atoms with Crippen molar-refractivity contribution in [2.75, 3.05) is 5.32 Å². The number of rotatable bonds is 2. The molecule has 0 atom stereocenters. The van der Waals surface area contributed by atoms with Gasteiger partial charge in [-0.15, -0.1) is 0 Å². The molecule has 104 valence electrons. The van der Waals surface area contributed by atoms with E-state index in [0.717, 1.165) is 0 Å². The molecule has 0 bridgehead atoms. The van der Waals surface area contributed by atoms with Crippen molar-refractivity contribution in [2.24, 2.45) is 4.99 Å². The Hall–Kier alpha value is -3.15. The van der Waals surface area contributed by atoms with Crippen LogP contribution in [0.2, 0.25) is 0 Å². The van der Waals surface area contributed by atoms with Crippen LogP contribution in [0, 0.1) is 0 Å². The van der Waals surface area contributed by atoms with E-state index in [2.05, 4.69) is 10.3 Å². The van der Waals surface area contributed by atoms with Crippen molar-refractivity contribution < 1.29 is 19.8 Å². The molecule has 2 aromatic rings. The number of carboxylic acids is 1. The van der Waals surface area contributed by atoms with E-state index in [4.69, 9.17) is 5.11 Å². The molecule has 1 aliphatic heterocycles. The molecular formula is C15H10N2O4. The number of anilines is 1. The van der Waals surface area contributed by atoms with Gasteiger partial charge in [0.15, 0.2) is 5.75 Å². The Morgan fingerprint density at radius 3 is 2.62 bits per heavy atom. The van der Waals surface area contributed by atoms with Gasteiger partial charge >= 0.3 is 5.97 Å². The number of carboxylic acid groups (broad SMARTS) is 1. The number of aromatic hydroxyl groups is 1. The molecule has 0 radical (unpaired) electrons. The number of fused-ring (bicyclic) bond motifs is 1. The smallest absolute Gasteiger partial charge is 0.339 e. The van der Waals surface area contributed by atoms with E-state index in [9.17, 15) is 14.7 Å². The van der Waals surface area contributed by atoms with Crippen molar-refractivity contribution in [3.05, 3.63) is 53.6 Å². The van der Waals surface area contributed by atoms with Gasteiger partial charge in [0.1, 0.15) is 17.0 Å². The molecule has 0 unspecified atom stereocenters. The summed E-state index contributed by atoms with van der Waals surface area (Å²) in [6.45, 7) is 0. The van der Waals surface area contributed by atoms with Crippen molar-refractivity contribution in [3.63, 3.8) is 0 Å². The topological polar surface area (TPSA) is 99.0 Å². The molecule has 0 aliphatic carbocycles. The quantitative estimate of drug-likeness (QED) is 0.786. The standard InChI is InChI=1S/C15H10N2O4/c18-13-9(15(20)21)5-3-7-11(13)16-12-8-4-1-2-6-10(8)17-14(12)19/h1-7,18H,(H,20,21)(H,16,17,19). The third kappa shape index (κ3) is 2.12. The fourth-order valence-corrected chi connectivity index (χ4v) is 2.13. The lowest BCUT2D eigenvalue weighted by Crippen LogP contribution is -2.14. The average Bonchev–Trinajstić information content (AvgIpc) is 2.77. The highest BCUT2D eigenvalue weighted by Gasteiger charge is 2.26. The van der Waals surface area contributed by atoms with Crippen LogP contribution in [0.1, 0.15) is 15.9 Å². The molecule has 21 heavy (non-hydrogen) atoms. The largest absolute Gasteiger partial charge is 0.505 e. The number of nitrogens with one attached hydrogen (secondary N) is 1. The minimum absolute atomic E-state index is 0.0387. The highest BCUT2D eigenvalue weighted by Crippen LogP contribution is 2.32. The third-order valence-electron chi connectivity index (χ3n) is 3.12. The molecule has 2 aromatic carbocycles. The number of aliphatic imine (C=N–C) groups is 1. The van der Waals surface area contributed by atoms with Gasteiger partial charge in [-0.1, -0.05) is 24.3 Å². The van der Waals surface area contributed by atoms with Gasteiger partial charge in [-0.25, -0.2) is 9.79 Å². The normalized spacial score (nSPS) is 14.9. The maximum atomic E-state index is 11.9. The molecule has 1 heterocycles. The lowest BCUT2D eigenvalue weighted by molar-refractivity contribution is -0.110. The number of para-hydroxylation sites is 2. The number of carbonyl (C=O) groups excluding carboxylic acids is 1. The van der Waals surface area contributed by atoms with Crippen molar-refractivity contribution in [2.45, 2.75) is 0 Å². The zero-order valence-electron chi connectivity index (χ0n) is 10.7. The van der Waals surface area contributed by atoms with E-state index in [1.54, 1.807) is 24.3 Å². The van der Waals surface area contributed by atoms with E-state index in [0.29, 0.717) is 11.3 Å². The van der Waals surface area contributed by atoms with Crippen LogP contribution in [0.4, 0.5) is 11.4 Å². The van der Waals surface area contributed by atoms with E-state index >= 15 is 0 Å². The molecule has 0 fully saturated rings. The highest BCUT2D eigenvalue weighted by atomic mass is 16.4. The van der Waals surface area contributed by atoms with Crippen LogP contribution in [-0.2, 0) is 4.79 Å². The van der Waals surface area contributed by atoms with E-state index in [1.165, 1.54) is 18.2 Å². The van der Waals surface area contributed by atoms with Crippen molar-refractivity contribution in [1.29, 1.82) is 0 Å². The van der Waals surface area contributed by atoms with Gasteiger partial charge < -0.3 is 15.5 Å². The summed E-state index contributed by atoms with van der Waals surface area (Å²) in [6, 6.07) is 11.2. The fraction of sp³-hybridized carbons (Fsp3) is 0. The minimum Gasteiger partial charge on any atom is -0.505 e. The van der Waals surface area contributed by atoms with Crippen molar-refractivity contribution in [1.82, 2.24) is 0 Å². The SMILES string of the molecule is O=C1Nc2ccccc2C1=Nc1cccc(C(=O)O)c1O. The minimum atomic E-state index is -1.26. The highest BCUT2D eigenvalue weighted by molar-refractivity contribution is 6.54. The second-order valence-corrected chi connectivity index (χ2v) is 4.44. The Kier molecular flexibility index (Phi) is 2.91. The van der Waals surface area contributed by atoms with E-state index < -0.39 is 17.6 Å². The molecule has 1 amide bonds. The summed E-state index contributed by atoms with van der Waals surface area (Å²) >= 11 is 0. The molecular weight excluding hydrogens is 272 g/mol. The maximum Gasteiger partial charge on any atom is 0.339 e. The number of amides is 1. The van der Waals surface area contributed by atoms with Crippen LogP contribution in [0.3, 0.4) is 0 Å². The first-order valence-corrected chi connectivity index (χ1v) is 6.12. The molecule has 0 saturated heterocycles. The molecule has 6 nitrogen and oxygen atoms in total. The lowest BCUT2D eigenvalue weighted by Gasteiger charge is -2.03. The van der Waals surface area contributed by atoms with Gasteiger partial charge in [0.25, 0.3) is 5.91 Å². The van der Waals surface area contributed by atoms with Gasteiger partial charge in [0, 0.05) is 5.56 Å².